The summed E-state index contributed by atoms with van der Waals surface area (Å²) in [5.74, 6) is 0.831. The molecule has 1 N–H and O–H groups in total. The first kappa shape index (κ1) is 20.0. The van der Waals surface area contributed by atoms with E-state index in [1.165, 1.54) is 11.1 Å². The lowest BCUT2D eigenvalue weighted by molar-refractivity contribution is -0.261. The highest BCUT2D eigenvalue weighted by Crippen LogP contribution is 2.36. The molecule has 154 valence electrons. The molecule has 1 fully saturated rings. The first-order valence-corrected chi connectivity index (χ1v) is 10.1. The number of ether oxygens (including phenoxy) is 3. The Hall–Kier alpha value is -2.34. The first-order valence-electron chi connectivity index (χ1n) is 10.1. The number of nitrogens with zero attached hydrogens (tertiary/aromatic N) is 1. The molecule has 0 saturated carbocycles. The van der Waals surface area contributed by atoms with Crippen LogP contribution in [0.3, 0.4) is 0 Å². The highest BCUT2D eigenvalue weighted by atomic mass is 16.7. The molecule has 4 atom stereocenters. The van der Waals surface area contributed by atoms with Gasteiger partial charge in [0.2, 0.25) is 0 Å². The van der Waals surface area contributed by atoms with Crippen molar-refractivity contribution in [1.29, 1.82) is 0 Å². The van der Waals surface area contributed by atoms with E-state index in [9.17, 15) is 5.11 Å². The lowest BCUT2D eigenvalue weighted by Gasteiger charge is -2.46. The zero-order chi connectivity index (χ0) is 20.4. The Balaban J connectivity index is 1.63. The van der Waals surface area contributed by atoms with Crippen molar-refractivity contribution < 1.29 is 19.3 Å². The second kappa shape index (κ2) is 8.57. The summed E-state index contributed by atoms with van der Waals surface area (Å²) in [5, 5.41) is 10.8. The zero-order valence-corrected chi connectivity index (χ0v) is 17.2. The third kappa shape index (κ3) is 4.17. The van der Waals surface area contributed by atoms with Gasteiger partial charge in [0.25, 0.3) is 0 Å². The van der Waals surface area contributed by atoms with Crippen molar-refractivity contribution in [2.75, 3.05) is 25.2 Å². The van der Waals surface area contributed by atoms with Crippen molar-refractivity contribution in [3.8, 4) is 5.75 Å². The molecule has 5 nitrogen and oxygen atoms in total. The molecular formula is C24H29NO4. The van der Waals surface area contributed by atoms with E-state index in [1.54, 1.807) is 7.11 Å². The van der Waals surface area contributed by atoms with Crippen LogP contribution in [0.15, 0.2) is 65.7 Å². The van der Waals surface area contributed by atoms with Crippen molar-refractivity contribution in [3.05, 3.63) is 71.3 Å². The van der Waals surface area contributed by atoms with Crippen LogP contribution in [-0.2, 0) is 9.47 Å². The predicted molar refractivity (Wildman–Crippen MR) is 113 cm³/mol. The van der Waals surface area contributed by atoms with E-state index in [2.05, 4.69) is 30.9 Å². The first-order chi connectivity index (χ1) is 14.1. The van der Waals surface area contributed by atoms with Gasteiger partial charge in [-0.1, -0.05) is 41.5 Å². The smallest absolute Gasteiger partial charge is 0.184 e. The zero-order valence-electron chi connectivity index (χ0n) is 17.2. The Morgan fingerprint density at radius 3 is 2.41 bits per heavy atom. The highest BCUT2D eigenvalue weighted by molar-refractivity contribution is 5.53. The molecule has 4 rings (SSSR count). The molecule has 2 aromatic carbocycles. The number of hydrogen-bond acceptors (Lipinski definition) is 5. The largest absolute Gasteiger partial charge is 0.497 e. The summed E-state index contributed by atoms with van der Waals surface area (Å²) < 4.78 is 17.4. The van der Waals surface area contributed by atoms with Crippen molar-refractivity contribution in [2.45, 2.75) is 44.8 Å². The fourth-order valence-corrected chi connectivity index (χ4v) is 4.14. The maximum atomic E-state index is 10.8. The van der Waals surface area contributed by atoms with Crippen LogP contribution in [0.5, 0.6) is 5.75 Å². The van der Waals surface area contributed by atoms with Crippen LogP contribution in [0.1, 0.15) is 32.1 Å². The molecule has 5 heteroatoms. The summed E-state index contributed by atoms with van der Waals surface area (Å²) >= 11 is 0. The minimum absolute atomic E-state index is 0.0252. The second-order valence-corrected chi connectivity index (χ2v) is 7.90. The molecule has 2 aliphatic heterocycles. The Bertz CT molecular complexity index is 849. The standard InChI is InChI=1S/C24H29NO4/c1-16-13-21(25(14-17(16)2)19-9-11-20(27-3)12-10-19)23-22(26)15-28-24(29-23)18-7-5-4-6-8-18/h4-12,21-24,26H,13-15H2,1-3H3/t21-,22-,23+,24-/m1/s1. The third-order valence-electron chi connectivity index (χ3n) is 5.99. The molecule has 0 bridgehead atoms. The van der Waals surface area contributed by atoms with Gasteiger partial charge in [0.1, 0.15) is 18.0 Å². The van der Waals surface area contributed by atoms with Gasteiger partial charge in [0.05, 0.1) is 19.8 Å². The molecule has 0 unspecified atom stereocenters. The summed E-state index contributed by atoms with van der Waals surface area (Å²) in [4.78, 5) is 2.34. The summed E-state index contributed by atoms with van der Waals surface area (Å²) in [5.41, 5.74) is 4.79. The van der Waals surface area contributed by atoms with Gasteiger partial charge in [-0.05, 0) is 44.5 Å². The quantitative estimate of drug-likeness (QED) is 0.791. The number of anilines is 1. The summed E-state index contributed by atoms with van der Waals surface area (Å²) in [6.07, 6.45) is -0.637. The fraction of sp³-hybridized carbons (Fsp3) is 0.417. The summed E-state index contributed by atoms with van der Waals surface area (Å²) in [7, 11) is 1.67. The van der Waals surface area contributed by atoms with Crippen molar-refractivity contribution in [1.82, 2.24) is 0 Å². The number of rotatable bonds is 4. The van der Waals surface area contributed by atoms with Gasteiger partial charge in [-0.25, -0.2) is 0 Å². The van der Waals surface area contributed by atoms with E-state index in [0.717, 1.165) is 30.0 Å². The van der Waals surface area contributed by atoms with Gasteiger partial charge in [-0.3, -0.25) is 0 Å². The molecule has 0 amide bonds. The monoisotopic (exact) mass is 395 g/mol. The minimum atomic E-state index is -0.674. The second-order valence-electron chi connectivity index (χ2n) is 7.90. The van der Waals surface area contributed by atoms with Crippen LogP contribution < -0.4 is 9.64 Å². The molecule has 2 aliphatic rings. The van der Waals surface area contributed by atoms with Gasteiger partial charge >= 0.3 is 0 Å². The lowest BCUT2D eigenvalue weighted by Crippen LogP contribution is -2.56. The molecule has 0 radical (unpaired) electrons. The minimum Gasteiger partial charge on any atom is -0.497 e. The number of aliphatic hydroxyl groups excluding tert-OH is 1. The number of aliphatic hydroxyl groups is 1. The SMILES string of the molecule is COc1ccc(N2CC(C)=C(C)C[C@@H]2[C@@H]2O[C@H](c3ccccc3)OC[C@H]2O)cc1. The van der Waals surface area contributed by atoms with E-state index in [1.807, 2.05) is 42.5 Å². The molecule has 0 aromatic heterocycles. The van der Waals surface area contributed by atoms with Crippen LogP contribution in [0, 0.1) is 0 Å². The van der Waals surface area contributed by atoms with E-state index in [4.69, 9.17) is 14.2 Å². The summed E-state index contributed by atoms with van der Waals surface area (Å²) in [6.45, 7) is 5.43. The third-order valence-corrected chi connectivity index (χ3v) is 5.99. The molecule has 2 heterocycles. The van der Waals surface area contributed by atoms with Gasteiger partial charge in [0.15, 0.2) is 6.29 Å². The maximum absolute atomic E-state index is 10.8. The normalized spacial score (nSPS) is 27.8. The molecule has 1 saturated heterocycles. The number of hydrogen-bond donors (Lipinski definition) is 1. The van der Waals surface area contributed by atoms with Crippen molar-refractivity contribution in [2.24, 2.45) is 0 Å². The van der Waals surface area contributed by atoms with Gasteiger partial charge in [-0.2, -0.15) is 0 Å². The topological polar surface area (TPSA) is 51.2 Å². The van der Waals surface area contributed by atoms with Crippen LogP contribution in [0.25, 0.3) is 0 Å². The average molecular weight is 395 g/mol. The van der Waals surface area contributed by atoms with E-state index in [-0.39, 0.29) is 18.8 Å². The Morgan fingerprint density at radius 2 is 1.72 bits per heavy atom. The highest BCUT2D eigenvalue weighted by Gasteiger charge is 2.41. The maximum Gasteiger partial charge on any atom is 0.184 e. The number of benzene rings is 2. The molecular weight excluding hydrogens is 366 g/mol. The Labute approximate surface area is 172 Å². The predicted octanol–water partition coefficient (Wildman–Crippen LogP) is 4.09. The molecule has 2 aromatic rings. The van der Waals surface area contributed by atoms with E-state index < -0.39 is 12.4 Å². The van der Waals surface area contributed by atoms with E-state index in [0.29, 0.717) is 0 Å². The van der Waals surface area contributed by atoms with Gasteiger partial charge < -0.3 is 24.2 Å². The Morgan fingerprint density at radius 1 is 1.00 bits per heavy atom. The van der Waals surface area contributed by atoms with Crippen molar-refractivity contribution >= 4 is 5.69 Å². The fourth-order valence-electron chi connectivity index (χ4n) is 4.14. The van der Waals surface area contributed by atoms with Gasteiger partial charge in [0, 0.05) is 17.8 Å². The van der Waals surface area contributed by atoms with Crippen LogP contribution >= 0.6 is 0 Å². The van der Waals surface area contributed by atoms with E-state index >= 15 is 0 Å². The van der Waals surface area contributed by atoms with Crippen LogP contribution in [0.4, 0.5) is 5.69 Å². The number of methoxy groups -OCH3 is 1. The Kier molecular flexibility index (Phi) is 5.90. The lowest BCUT2D eigenvalue weighted by atomic mass is 9.89. The average Bonchev–Trinajstić information content (AvgIpc) is 2.76. The molecule has 0 aliphatic carbocycles. The van der Waals surface area contributed by atoms with Crippen LogP contribution in [-0.4, -0.2) is 43.6 Å². The molecule has 0 spiro atoms. The summed E-state index contributed by atoms with van der Waals surface area (Å²) in [6, 6.07) is 18.0. The van der Waals surface area contributed by atoms with Crippen molar-refractivity contribution in [3.63, 3.8) is 0 Å². The molecule has 29 heavy (non-hydrogen) atoms. The van der Waals surface area contributed by atoms with Gasteiger partial charge in [-0.15, -0.1) is 0 Å². The van der Waals surface area contributed by atoms with Crippen LogP contribution in [0.2, 0.25) is 0 Å².